The molecule has 0 aromatic carbocycles. The predicted octanol–water partition coefficient (Wildman–Crippen LogP) is -0.438. The highest BCUT2D eigenvalue weighted by Gasteiger charge is 2.39. The molecule has 1 aromatic rings. The molecule has 9 heteroatoms. The van der Waals surface area contributed by atoms with Crippen LogP contribution in [0, 0.1) is 6.92 Å². The third-order valence-electron chi connectivity index (χ3n) is 3.21. The van der Waals surface area contributed by atoms with Gasteiger partial charge in [-0.3, -0.25) is 5.10 Å². The molecule has 8 nitrogen and oxygen atoms in total. The van der Waals surface area contributed by atoms with Gasteiger partial charge in [0, 0.05) is 18.3 Å². The summed E-state index contributed by atoms with van der Waals surface area (Å²) in [5.74, 6) is -1.34. The van der Waals surface area contributed by atoms with Crippen molar-refractivity contribution in [2.75, 3.05) is 13.2 Å². The number of aliphatic hydroxyl groups is 1. The van der Waals surface area contributed by atoms with Crippen molar-refractivity contribution in [2.24, 2.45) is 0 Å². The highest BCUT2D eigenvalue weighted by molar-refractivity contribution is 7.89. The maximum absolute atomic E-state index is 12.4. The standard InChI is InChI=1S/C10H15N3O5S/c1-6-8(10(15)16)9(12-11-6)19(17,18)13-4-2-3-7(13)5-14/h7,14H,2-5H2,1H3,(H,11,12)(H,15,16)/t7-/m0/s1. The average molecular weight is 289 g/mol. The van der Waals surface area contributed by atoms with E-state index in [2.05, 4.69) is 10.2 Å². The van der Waals surface area contributed by atoms with Gasteiger partial charge in [0.15, 0.2) is 0 Å². The molecular formula is C10H15N3O5S. The molecule has 1 saturated heterocycles. The molecule has 0 spiro atoms. The zero-order valence-electron chi connectivity index (χ0n) is 10.3. The van der Waals surface area contributed by atoms with Gasteiger partial charge < -0.3 is 10.2 Å². The Morgan fingerprint density at radius 2 is 2.26 bits per heavy atom. The van der Waals surface area contributed by atoms with E-state index < -0.39 is 27.1 Å². The quantitative estimate of drug-likeness (QED) is 0.690. The van der Waals surface area contributed by atoms with Gasteiger partial charge in [-0.25, -0.2) is 13.2 Å². The van der Waals surface area contributed by atoms with Crippen LogP contribution >= 0.6 is 0 Å². The molecule has 2 heterocycles. The minimum Gasteiger partial charge on any atom is -0.478 e. The summed E-state index contributed by atoms with van der Waals surface area (Å²) in [6, 6.07) is -0.511. The third kappa shape index (κ3) is 2.24. The maximum atomic E-state index is 12.4. The van der Waals surface area contributed by atoms with Crippen LogP contribution in [0.4, 0.5) is 0 Å². The number of hydrogen-bond donors (Lipinski definition) is 3. The van der Waals surface area contributed by atoms with Crippen molar-refractivity contribution in [3.8, 4) is 0 Å². The SMILES string of the molecule is Cc1[nH]nc(S(=O)(=O)N2CCC[C@H]2CO)c1C(=O)O. The lowest BCUT2D eigenvalue weighted by Gasteiger charge is -2.21. The molecule has 0 bridgehead atoms. The molecule has 106 valence electrons. The molecule has 0 radical (unpaired) electrons. The van der Waals surface area contributed by atoms with Crippen LogP contribution < -0.4 is 0 Å². The minimum absolute atomic E-state index is 0.186. The monoisotopic (exact) mass is 289 g/mol. The number of aromatic nitrogens is 2. The fourth-order valence-corrected chi connectivity index (χ4v) is 4.08. The number of nitrogens with one attached hydrogen (secondary N) is 1. The molecular weight excluding hydrogens is 274 g/mol. The van der Waals surface area contributed by atoms with Gasteiger partial charge in [-0.2, -0.15) is 9.40 Å². The van der Waals surface area contributed by atoms with Gasteiger partial charge in [-0.05, 0) is 19.8 Å². The molecule has 1 aromatic heterocycles. The number of carbonyl (C=O) groups is 1. The number of rotatable bonds is 4. The van der Waals surface area contributed by atoms with Crippen LogP contribution in [0.1, 0.15) is 28.9 Å². The Morgan fingerprint density at radius 3 is 2.84 bits per heavy atom. The van der Waals surface area contributed by atoms with Gasteiger partial charge in [0.1, 0.15) is 5.56 Å². The second-order valence-corrected chi connectivity index (χ2v) is 6.23. The summed E-state index contributed by atoms with van der Waals surface area (Å²) in [6.07, 6.45) is 1.19. The van der Waals surface area contributed by atoms with Crippen LogP contribution in [0.5, 0.6) is 0 Å². The second-order valence-electron chi connectivity index (χ2n) is 4.43. The molecule has 19 heavy (non-hydrogen) atoms. The van der Waals surface area contributed by atoms with E-state index in [1.165, 1.54) is 6.92 Å². The number of aliphatic hydroxyl groups excluding tert-OH is 1. The van der Waals surface area contributed by atoms with Gasteiger partial charge in [0.05, 0.1) is 6.61 Å². The molecule has 0 unspecified atom stereocenters. The van der Waals surface area contributed by atoms with Crippen molar-refractivity contribution >= 4 is 16.0 Å². The Labute approximate surface area is 110 Å². The first-order chi connectivity index (χ1) is 8.89. The van der Waals surface area contributed by atoms with Crippen molar-refractivity contribution in [2.45, 2.75) is 30.8 Å². The molecule has 0 saturated carbocycles. The highest BCUT2D eigenvalue weighted by Crippen LogP contribution is 2.27. The Hall–Kier alpha value is -1.45. The van der Waals surface area contributed by atoms with Crippen molar-refractivity contribution in [1.82, 2.24) is 14.5 Å². The van der Waals surface area contributed by atoms with Crippen LogP contribution in [0.2, 0.25) is 0 Å². The van der Waals surface area contributed by atoms with E-state index >= 15 is 0 Å². The molecule has 1 aliphatic rings. The van der Waals surface area contributed by atoms with Crippen LogP contribution in [0.25, 0.3) is 0 Å². The van der Waals surface area contributed by atoms with E-state index in [9.17, 15) is 18.3 Å². The number of carboxylic acid groups (broad SMARTS) is 1. The largest absolute Gasteiger partial charge is 0.478 e. The van der Waals surface area contributed by atoms with Gasteiger partial charge in [-0.1, -0.05) is 0 Å². The lowest BCUT2D eigenvalue weighted by molar-refractivity contribution is 0.0691. The van der Waals surface area contributed by atoms with E-state index in [1.807, 2.05) is 0 Å². The normalized spacial score (nSPS) is 20.8. The number of hydrogen-bond acceptors (Lipinski definition) is 5. The smallest absolute Gasteiger partial charge is 0.340 e. The number of nitrogens with zero attached hydrogens (tertiary/aromatic N) is 2. The van der Waals surface area contributed by atoms with E-state index in [0.29, 0.717) is 12.8 Å². The minimum atomic E-state index is -4.00. The first-order valence-electron chi connectivity index (χ1n) is 5.80. The van der Waals surface area contributed by atoms with Crippen LogP contribution in [-0.2, 0) is 10.0 Å². The Bertz CT molecular complexity index is 594. The Kier molecular flexibility index (Phi) is 3.61. The molecule has 3 N–H and O–H groups in total. The number of aryl methyl sites for hydroxylation is 1. The van der Waals surface area contributed by atoms with Gasteiger partial charge in [0.25, 0.3) is 10.0 Å². The zero-order valence-corrected chi connectivity index (χ0v) is 11.1. The summed E-state index contributed by atoms with van der Waals surface area (Å²) < 4.78 is 25.9. The highest BCUT2D eigenvalue weighted by atomic mass is 32.2. The van der Waals surface area contributed by atoms with Crippen molar-refractivity contribution in [3.05, 3.63) is 11.3 Å². The second kappa shape index (κ2) is 4.91. The molecule has 1 atom stereocenters. The van der Waals surface area contributed by atoms with Gasteiger partial charge >= 0.3 is 5.97 Å². The predicted molar refractivity (Wildman–Crippen MR) is 64.3 cm³/mol. The summed E-state index contributed by atoms with van der Waals surface area (Å²) in [5.41, 5.74) is -0.158. The number of aromatic amines is 1. The summed E-state index contributed by atoms with van der Waals surface area (Å²) >= 11 is 0. The van der Waals surface area contributed by atoms with Gasteiger partial charge in [0.2, 0.25) is 5.03 Å². The summed E-state index contributed by atoms with van der Waals surface area (Å²) in [7, 11) is -4.00. The van der Waals surface area contributed by atoms with E-state index in [0.717, 1.165) is 4.31 Å². The van der Waals surface area contributed by atoms with Crippen LogP contribution in [0.3, 0.4) is 0 Å². The van der Waals surface area contributed by atoms with Gasteiger partial charge in [-0.15, -0.1) is 0 Å². The lowest BCUT2D eigenvalue weighted by atomic mass is 10.2. The first-order valence-corrected chi connectivity index (χ1v) is 7.24. The summed E-state index contributed by atoms with van der Waals surface area (Å²) in [5, 5.41) is 23.8. The van der Waals surface area contributed by atoms with Crippen molar-refractivity contribution < 1.29 is 23.4 Å². The maximum Gasteiger partial charge on any atom is 0.340 e. The fourth-order valence-electron chi connectivity index (χ4n) is 2.26. The summed E-state index contributed by atoms with van der Waals surface area (Å²) in [6.45, 7) is 1.42. The van der Waals surface area contributed by atoms with E-state index in [4.69, 9.17) is 5.11 Å². The average Bonchev–Trinajstić information content (AvgIpc) is 2.94. The molecule has 1 fully saturated rings. The Balaban J connectivity index is 2.48. The molecule has 0 amide bonds. The number of H-pyrrole nitrogens is 1. The summed E-state index contributed by atoms with van der Waals surface area (Å²) in [4.78, 5) is 11.1. The fraction of sp³-hybridized carbons (Fsp3) is 0.600. The number of aromatic carboxylic acids is 1. The molecule has 1 aliphatic heterocycles. The Morgan fingerprint density at radius 1 is 1.58 bits per heavy atom. The number of sulfonamides is 1. The molecule has 2 rings (SSSR count). The van der Waals surface area contributed by atoms with Crippen LogP contribution in [0.15, 0.2) is 5.03 Å². The van der Waals surface area contributed by atoms with E-state index in [1.54, 1.807) is 0 Å². The zero-order chi connectivity index (χ0) is 14.2. The lowest BCUT2D eigenvalue weighted by Crippen LogP contribution is -2.38. The third-order valence-corrected chi connectivity index (χ3v) is 5.10. The topological polar surface area (TPSA) is 124 Å². The first kappa shape index (κ1) is 14.0. The van der Waals surface area contributed by atoms with E-state index in [-0.39, 0.29) is 24.4 Å². The van der Waals surface area contributed by atoms with Crippen LogP contribution in [-0.4, -0.2) is 58.3 Å². The van der Waals surface area contributed by atoms with Crippen molar-refractivity contribution in [1.29, 1.82) is 0 Å². The number of carboxylic acids is 1. The molecule has 0 aliphatic carbocycles. The van der Waals surface area contributed by atoms with Crippen molar-refractivity contribution in [3.63, 3.8) is 0 Å².